The number of nitrogens with zero attached hydrogens (tertiary/aromatic N) is 2. The first-order valence-electron chi connectivity index (χ1n) is 5.63. The van der Waals surface area contributed by atoms with Crippen molar-refractivity contribution in [2.75, 3.05) is 19.8 Å². The fourth-order valence-corrected chi connectivity index (χ4v) is 1.66. The van der Waals surface area contributed by atoms with Crippen LogP contribution in [0.5, 0.6) is 0 Å². The molecule has 0 aromatic rings. The second-order valence-corrected chi connectivity index (χ2v) is 4.12. The van der Waals surface area contributed by atoms with E-state index < -0.39 is 43.3 Å². The molecule has 0 unspecified atom stereocenters. The van der Waals surface area contributed by atoms with Gasteiger partial charge in [0, 0.05) is 6.54 Å². The molecule has 0 aromatic heterocycles. The Kier molecular flexibility index (Phi) is 5.14. The second kappa shape index (κ2) is 6.21. The van der Waals surface area contributed by atoms with Crippen LogP contribution in [0.15, 0.2) is 5.29 Å². The third-order valence-corrected chi connectivity index (χ3v) is 2.85. The van der Waals surface area contributed by atoms with Crippen molar-refractivity contribution in [3.05, 3.63) is 4.91 Å². The summed E-state index contributed by atoms with van der Waals surface area (Å²) >= 11 is 0. The van der Waals surface area contributed by atoms with Gasteiger partial charge in [0.1, 0.15) is 18.3 Å². The summed E-state index contributed by atoms with van der Waals surface area (Å²) in [6.45, 7) is 0.331. The normalized spacial score (nSPS) is 34.7. The number of rotatable bonds is 4. The smallest absolute Gasteiger partial charge is 0.342 e. The van der Waals surface area contributed by atoms with E-state index in [-0.39, 0.29) is 6.54 Å². The molecule has 1 heterocycles. The minimum absolute atomic E-state index is 0.0375. The lowest BCUT2D eigenvalue weighted by Gasteiger charge is -2.43. The number of carbonyl (C=O) groups is 1. The number of hydrogen-bond acceptors (Lipinski definition) is 8. The van der Waals surface area contributed by atoms with Crippen molar-refractivity contribution >= 4 is 6.03 Å². The molecule has 1 rings (SSSR count). The van der Waals surface area contributed by atoms with E-state index in [0.29, 0.717) is 5.01 Å². The van der Waals surface area contributed by atoms with Gasteiger partial charge in [-0.2, -0.15) is 5.01 Å². The van der Waals surface area contributed by atoms with Gasteiger partial charge in [-0.15, -0.1) is 4.91 Å². The fraction of sp³-hybridized carbons (Fsp3) is 0.889. The van der Waals surface area contributed by atoms with Crippen molar-refractivity contribution in [3.63, 3.8) is 0 Å². The highest BCUT2D eigenvalue weighted by atomic mass is 16.5. The summed E-state index contributed by atoms with van der Waals surface area (Å²) in [6, 6.07) is -1.04. The topological polar surface area (TPSA) is 152 Å². The van der Waals surface area contributed by atoms with E-state index in [9.17, 15) is 25.0 Å². The number of hydrogen-bond donors (Lipinski definition) is 5. The van der Waals surface area contributed by atoms with E-state index in [1.165, 1.54) is 6.92 Å². The second-order valence-electron chi connectivity index (χ2n) is 4.12. The molecule has 1 aliphatic rings. The molecule has 10 heteroatoms. The quantitative estimate of drug-likeness (QED) is 0.217. The van der Waals surface area contributed by atoms with Gasteiger partial charge in [0.15, 0.2) is 5.72 Å². The van der Waals surface area contributed by atoms with E-state index in [0.717, 1.165) is 0 Å². The fourth-order valence-electron chi connectivity index (χ4n) is 1.66. The standard InChI is InChI=1S/C9H17N3O7/c1-2-12(11-18)8(16)10-9(17)4-19-5(3-13)6(14)7(9)15/h5-7,13-15,17H,2-4H2,1H3,(H,10,16)/t5-,6-,7+,9-/m1/s1. The molecule has 1 fully saturated rings. The lowest BCUT2D eigenvalue weighted by atomic mass is 9.95. The Morgan fingerprint density at radius 3 is 2.68 bits per heavy atom. The van der Waals surface area contributed by atoms with Crippen LogP contribution in [0.3, 0.4) is 0 Å². The zero-order chi connectivity index (χ0) is 14.6. The Bertz CT molecular complexity index is 342. The molecule has 0 saturated carbocycles. The van der Waals surface area contributed by atoms with Crippen LogP contribution in [0.1, 0.15) is 6.92 Å². The molecule has 0 spiro atoms. The molecule has 1 aliphatic heterocycles. The predicted octanol–water partition coefficient (Wildman–Crippen LogP) is -2.50. The van der Waals surface area contributed by atoms with Crippen LogP contribution in [-0.4, -0.2) is 75.3 Å². The van der Waals surface area contributed by atoms with Gasteiger partial charge in [0.25, 0.3) is 0 Å². The van der Waals surface area contributed by atoms with E-state index in [2.05, 4.69) is 5.29 Å². The summed E-state index contributed by atoms with van der Waals surface area (Å²) in [5.74, 6) is 0. The monoisotopic (exact) mass is 279 g/mol. The Balaban J connectivity index is 2.76. The van der Waals surface area contributed by atoms with Gasteiger partial charge in [-0.25, -0.2) is 4.79 Å². The van der Waals surface area contributed by atoms with Crippen molar-refractivity contribution in [2.45, 2.75) is 31.0 Å². The number of nitroso groups, excluding NO2 is 1. The summed E-state index contributed by atoms with van der Waals surface area (Å²) in [5.41, 5.74) is -2.28. The molecular weight excluding hydrogens is 262 g/mol. The Morgan fingerprint density at radius 2 is 2.21 bits per heavy atom. The molecule has 19 heavy (non-hydrogen) atoms. The highest BCUT2D eigenvalue weighted by molar-refractivity contribution is 5.74. The summed E-state index contributed by atoms with van der Waals surface area (Å²) in [5, 5.41) is 43.1. The maximum Gasteiger partial charge on any atom is 0.342 e. The Hall–Kier alpha value is -1.33. The van der Waals surface area contributed by atoms with Crippen molar-refractivity contribution in [1.82, 2.24) is 10.3 Å². The number of aliphatic hydroxyl groups is 4. The minimum atomic E-state index is -2.28. The minimum Gasteiger partial charge on any atom is -0.394 e. The van der Waals surface area contributed by atoms with E-state index in [1.54, 1.807) is 0 Å². The Morgan fingerprint density at radius 1 is 1.58 bits per heavy atom. The van der Waals surface area contributed by atoms with Gasteiger partial charge < -0.3 is 30.5 Å². The van der Waals surface area contributed by atoms with Gasteiger partial charge in [0.05, 0.1) is 18.5 Å². The average molecular weight is 279 g/mol. The van der Waals surface area contributed by atoms with Crippen molar-refractivity contribution in [3.8, 4) is 0 Å². The third kappa shape index (κ3) is 3.16. The van der Waals surface area contributed by atoms with E-state index >= 15 is 0 Å². The summed E-state index contributed by atoms with van der Waals surface area (Å²) in [7, 11) is 0. The number of nitrogens with one attached hydrogen (secondary N) is 1. The summed E-state index contributed by atoms with van der Waals surface area (Å²) < 4.78 is 4.92. The van der Waals surface area contributed by atoms with Crippen molar-refractivity contribution in [1.29, 1.82) is 0 Å². The number of carbonyl (C=O) groups excluding carboxylic acids is 1. The van der Waals surface area contributed by atoms with Gasteiger partial charge in [0.2, 0.25) is 0 Å². The molecule has 0 aliphatic carbocycles. The van der Waals surface area contributed by atoms with Gasteiger partial charge in [-0.05, 0) is 6.92 Å². The summed E-state index contributed by atoms with van der Waals surface area (Å²) in [4.78, 5) is 21.9. The molecular formula is C9H17N3O7. The van der Waals surface area contributed by atoms with Gasteiger partial charge in [-0.1, -0.05) is 0 Å². The van der Waals surface area contributed by atoms with Crippen LogP contribution in [-0.2, 0) is 4.74 Å². The molecule has 0 aromatic carbocycles. The summed E-state index contributed by atoms with van der Waals surface area (Å²) in [6.07, 6.45) is -4.45. The SMILES string of the molecule is CCN(N=O)C(=O)N[C@@]1(O)CO[C@H](CO)[C@@H](O)[C@@H]1O. The van der Waals surface area contributed by atoms with Gasteiger partial charge >= 0.3 is 6.03 Å². The first kappa shape index (κ1) is 15.7. The maximum absolute atomic E-state index is 11.5. The molecule has 10 nitrogen and oxygen atoms in total. The highest BCUT2D eigenvalue weighted by Crippen LogP contribution is 2.22. The average Bonchev–Trinajstić information content (AvgIpc) is 2.38. The lowest BCUT2D eigenvalue weighted by molar-refractivity contribution is -0.246. The van der Waals surface area contributed by atoms with Crippen LogP contribution in [0, 0.1) is 4.91 Å². The zero-order valence-electron chi connectivity index (χ0n) is 10.3. The van der Waals surface area contributed by atoms with E-state index in [4.69, 9.17) is 9.84 Å². The largest absolute Gasteiger partial charge is 0.394 e. The number of ether oxygens (including phenoxy) is 1. The highest BCUT2D eigenvalue weighted by Gasteiger charge is 2.49. The molecule has 5 N–H and O–H groups in total. The lowest BCUT2D eigenvalue weighted by Crippen LogP contribution is -2.70. The number of amides is 2. The predicted molar refractivity (Wildman–Crippen MR) is 60.5 cm³/mol. The first-order valence-corrected chi connectivity index (χ1v) is 5.63. The molecule has 2 amide bonds. The molecule has 0 bridgehead atoms. The van der Waals surface area contributed by atoms with Crippen LogP contribution >= 0.6 is 0 Å². The van der Waals surface area contributed by atoms with Gasteiger partial charge in [-0.3, -0.25) is 0 Å². The van der Waals surface area contributed by atoms with Crippen molar-refractivity contribution in [2.24, 2.45) is 5.29 Å². The number of urea groups is 1. The van der Waals surface area contributed by atoms with Crippen LogP contribution < -0.4 is 5.32 Å². The molecule has 1 saturated heterocycles. The molecule has 4 atom stereocenters. The third-order valence-electron chi connectivity index (χ3n) is 2.85. The molecule has 110 valence electrons. The van der Waals surface area contributed by atoms with Crippen LogP contribution in [0.25, 0.3) is 0 Å². The van der Waals surface area contributed by atoms with Crippen molar-refractivity contribution < 1.29 is 30.0 Å². The first-order chi connectivity index (χ1) is 8.89. The van der Waals surface area contributed by atoms with Crippen LogP contribution in [0.2, 0.25) is 0 Å². The number of aliphatic hydroxyl groups excluding tert-OH is 3. The molecule has 0 radical (unpaired) electrons. The maximum atomic E-state index is 11.5. The Labute approximate surface area is 108 Å². The van der Waals surface area contributed by atoms with E-state index in [1.807, 2.05) is 5.32 Å². The zero-order valence-corrected chi connectivity index (χ0v) is 10.3. The van der Waals surface area contributed by atoms with Crippen LogP contribution in [0.4, 0.5) is 4.79 Å².